The normalized spacial score (nSPS) is 26.0. The maximum absolute atomic E-state index is 12.5. The first kappa shape index (κ1) is 19.6. The summed E-state index contributed by atoms with van der Waals surface area (Å²) in [6, 6.07) is 9.86. The van der Waals surface area contributed by atoms with Gasteiger partial charge in [-0.05, 0) is 67.2 Å². The summed E-state index contributed by atoms with van der Waals surface area (Å²) in [4.78, 5) is 19.3. The number of rotatable bonds is 4. The highest BCUT2D eigenvalue weighted by Gasteiger charge is 2.49. The molecule has 1 aromatic heterocycles. The molecule has 2 bridgehead atoms. The second-order valence-corrected chi connectivity index (χ2v) is 9.95. The van der Waals surface area contributed by atoms with Gasteiger partial charge in [0, 0.05) is 42.9 Å². The Morgan fingerprint density at radius 3 is 2.80 bits per heavy atom. The van der Waals surface area contributed by atoms with Crippen molar-refractivity contribution in [1.82, 2.24) is 15.2 Å². The van der Waals surface area contributed by atoms with Gasteiger partial charge in [-0.3, -0.25) is 9.88 Å². The van der Waals surface area contributed by atoms with Gasteiger partial charge >= 0.3 is 6.03 Å². The molecule has 1 aromatic carbocycles. The van der Waals surface area contributed by atoms with Crippen LogP contribution in [0.3, 0.4) is 0 Å². The average Bonchev–Trinajstić information content (AvgIpc) is 2.75. The minimum absolute atomic E-state index is 0.117. The van der Waals surface area contributed by atoms with Crippen LogP contribution in [0.2, 0.25) is 0 Å². The fourth-order valence-electron chi connectivity index (χ4n) is 5.50. The number of piperidine rings is 1. The maximum Gasteiger partial charge on any atom is 0.319 e. The third kappa shape index (κ3) is 3.83. The average molecular weight is 405 g/mol. The molecule has 2 amide bonds. The van der Waals surface area contributed by atoms with Crippen LogP contribution in [0.15, 0.2) is 48.2 Å². The van der Waals surface area contributed by atoms with Crippen LogP contribution in [0.5, 0.6) is 0 Å². The Morgan fingerprint density at radius 2 is 2.07 bits per heavy atom. The van der Waals surface area contributed by atoms with E-state index in [0.717, 1.165) is 60.9 Å². The smallest absolute Gasteiger partial charge is 0.319 e. The number of pyridine rings is 1. The summed E-state index contributed by atoms with van der Waals surface area (Å²) < 4.78 is 0. The van der Waals surface area contributed by atoms with Gasteiger partial charge in [-0.25, -0.2) is 4.79 Å². The van der Waals surface area contributed by atoms with E-state index in [4.69, 9.17) is 0 Å². The summed E-state index contributed by atoms with van der Waals surface area (Å²) in [6.07, 6.45) is 9.05. The van der Waals surface area contributed by atoms with Crippen molar-refractivity contribution < 1.29 is 4.79 Å². The van der Waals surface area contributed by atoms with Crippen molar-refractivity contribution in [2.45, 2.75) is 45.6 Å². The van der Waals surface area contributed by atoms with Gasteiger partial charge in [0.25, 0.3) is 0 Å². The Bertz CT molecular complexity index is 974. The largest absolute Gasteiger partial charge is 0.335 e. The molecule has 0 spiro atoms. The molecule has 2 aromatic rings. The fraction of sp³-hybridized carbons (Fsp3) is 0.520. The molecular weight excluding hydrogens is 372 g/mol. The number of aromatic nitrogens is 1. The molecular formula is C25H32N4O. The van der Waals surface area contributed by atoms with Crippen LogP contribution in [0.25, 0.3) is 10.9 Å². The van der Waals surface area contributed by atoms with Crippen molar-refractivity contribution >= 4 is 22.6 Å². The Morgan fingerprint density at radius 1 is 1.23 bits per heavy atom. The van der Waals surface area contributed by atoms with Crippen LogP contribution in [0, 0.1) is 17.3 Å². The molecule has 1 aliphatic heterocycles. The number of amides is 2. The van der Waals surface area contributed by atoms with Crippen LogP contribution in [0.1, 0.15) is 39.5 Å². The summed E-state index contributed by atoms with van der Waals surface area (Å²) in [5.41, 5.74) is 3.90. The van der Waals surface area contributed by atoms with Gasteiger partial charge in [0.05, 0.1) is 5.52 Å². The first-order valence-electron chi connectivity index (χ1n) is 11.3. The standard InChI is InChI=1S/C25H32N4O/c1-25(2)19-12-17(13-20(25)15-19)16-29-10-7-21(8-11-29)27-24(30)28-22-5-6-23-18(14-22)4-3-9-26-23/h3-6,9,12,14,19-21H,7-8,10-11,13,15-16H2,1-2H3,(H2,27,28,30)/t19-,20-/m0/s1. The summed E-state index contributed by atoms with van der Waals surface area (Å²) in [5.74, 6) is 1.68. The van der Waals surface area contributed by atoms with Gasteiger partial charge in [-0.1, -0.05) is 31.6 Å². The molecule has 2 atom stereocenters. The monoisotopic (exact) mass is 404 g/mol. The zero-order chi connectivity index (χ0) is 20.7. The van der Waals surface area contributed by atoms with Gasteiger partial charge in [0.15, 0.2) is 0 Å². The van der Waals surface area contributed by atoms with E-state index in [0.29, 0.717) is 5.41 Å². The van der Waals surface area contributed by atoms with Crippen LogP contribution in [-0.2, 0) is 0 Å². The third-order valence-corrected chi connectivity index (χ3v) is 7.70. The summed E-state index contributed by atoms with van der Waals surface area (Å²) in [6.45, 7) is 8.09. The minimum Gasteiger partial charge on any atom is -0.335 e. The number of carbonyl (C=O) groups excluding carboxylic acids is 1. The number of carbonyl (C=O) groups is 1. The SMILES string of the molecule is CC1(C)[C@H]2CC(CN3CCC(NC(=O)Nc4ccc5ncccc5c4)CC3)=C[C@H]1C2. The molecule has 1 saturated carbocycles. The molecule has 0 radical (unpaired) electrons. The summed E-state index contributed by atoms with van der Waals surface area (Å²) in [7, 11) is 0. The highest BCUT2D eigenvalue weighted by atomic mass is 16.2. The van der Waals surface area contributed by atoms with Crippen molar-refractivity contribution in [3.05, 3.63) is 48.2 Å². The third-order valence-electron chi connectivity index (χ3n) is 7.70. The van der Waals surface area contributed by atoms with E-state index in [-0.39, 0.29) is 12.1 Å². The maximum atomic E-state index is 12.5. The van der Waals surface area contributed by atoms with Crippen LogP contribution < -0.4 is 10.6 Å². The van der Waals surface area contributed by atoms with Gasteiger partial charge in [-0.2, -0.15) is 0 Å². The van der Waals surface area contributed by atoms with Crippen LogP contribution in [0.4, 0.5) is 10.5 Å². The second-order valence-electron chi connectivity index (χ2n) is 9.95. The van der Waals surface area contributed by atoms with Crippen molar-refractivity contribution in [1.29, 1.82) is 0 Å². The topological polar surface area (TPSA) is 57.3 Å². The molecule has 2 fully saturated rings. The number of benzene rings is 1. The lowest BCUT2D eigenvalue weighted by Crippen LogP contribution is -2.49. The van der Waals surface area contributed by atoms with E-state index in [2.05, 4.69) is 40.4 Å². The number of hydrogen-bond acceptors (Lipinski definition) is 3. The fourth-order valence-corrected chi connectivity index (χ4v) is 5.50. The Kier molecular flexibility index (Phi) is 5.02. The highest BCUT2D eigenvalue weighted by Crippen LogP contribution is 2.58. The Balaban J connectivity index is 1.09. The van der Waals surface area contributed by atoms with E-state index in [1.54, 1.807) is 11.8 Å². The second kappa shape index (κ2) is 7.69. The molecule has 3 aliphatic carbocycles. The number of fused-ring (bicyclic) bond motifs is 2. The quantitative estimate of drug-likeness (QED) is 0.719. The number of likely N-dealkylation sites (tertiary alicyclic amines) is 1. The lowest BCUT2D eigenvalue weighted by molar-refractivity contribution is -0.00311. The summed E-state index contributed by atoms with van der Waals surface area (Å²) >= 11 is 0. The molecule has 2 heterocycles. The molecule has 5 nitrogen and oxygen atoms in total. The van der Waals surface area contributed by atoms with E-state index in [1.165, 1.54) is 12.8 Å². The number of hydrogen-bond donors (Lipinski definition) is 2. The van der Waals surface area contributed by atoms with Crippen molar-refractivity contribution in [3.8, 4) is 0 Å². The summed E-state index contributed by atoms with van der Waals surface area (Å²) in [5, 5.41) is 7.16. The van der Waals surface area contributed by atoms with Gasteiger partial charge in [0.2, 0.25) is 0 Å². The number of allylic oxidation sites excluding steroid dienone is 1. The zero-order valence-electron chi connectivity index (χ0n) is 18.0. The number of urea groups is 1. The number of anilines is 1. The molecule has 5 heteroatoms. The van der Waals surface area contributed by atoms with Gasteiger partial charge in [-0.15, -0.1) is 0 Å². The Labute approximate surface area is 178 Å². The first-order chi connectivity index (χ1) is 14.5. The molecule has 0 unspecified atom stereocenters. The predicted molar refractivity (Wildman–Crippen MR) is 121 cm³/mol. The highest BCUT2D eigenvalue weighted by molar-refractivity contribution is 5.92. The molecule has 1 saturated heterocycles. The first-order valence-corrected chi connectivity index (χ1v) is 11.3. The van der Waals surface area contributed by atoms with Crippen molar-refractivity contribution in [2.75, 3.05) is 25.0 Å². The lowest BCUT2D eigenvalue weighted by Gasteiger charge is -2.55. The van der Waals surface area contributed by atoms with Crippen LogP contribution in [-0.4, -0.2) is 41.6 Å². The molecule has 2 N–H and O–H groups in total. The van der Waals surface area contributed by atoms with E-state index in [9.17, 15) is 4.79 Å². The molecule has 6 rings (SSSR count). The van der Waals surface area contributed by atoms with Crippen LogP contribution >= 0.6 is 0 Å². The molecule has 4 aliphatic rings. The lowest BCUT2D eigenvalue weighted by atomic mass is 9.50. The number of nitrogens with one attached hydrogen (secondary N) is 2. The van der Waals surface area contributed by atoms with Gasteiger partial charge < -0.3 is 10.6 Å². The van der Waals surface area contributed by atoms with Gasteiger partial charge in [0.1, 0.15) is 0 Å². The zero-order valence-corrected chi connectivity index (χ0v) is 18.0. The predicted octanol–water partition coefficient (Wildman–Crippen LogP) is 4.81. The molecule has 30 heavy (non-hydrogen) atoms. The van der Waals surface area contributed by atoms with E-state index < -0.39 is 0 Å². The Hall–Kier alpha value is -2.40. The van der Waals surface area contributed by atoms with E-state index in [1.807, 2.05) is 30.3 Å². The number of nitrogens with zero attached hydrogens (tertiary/aromatic N) is 2. The van der Waals surface area contributed by atoms with E-state index >= 15 is 0 Å². The van der Waals surface area contributed by atoms with Crippen molar-refractivity contribution in [3.63, 3.8) is 0 Å². The van der Waals surface area contributed by atoms with Crippen molar-refractivity contribution in [2.24, 2.45) is 17.3 Å². The molecule has 158 valence electrons. The minimum atomic E-state index is -0.117.